The minimum absolute atomic E-state index is 0.0273. The zero-order chi connectivity index (χ0) is 32.6. The number of hydrogen-bond donors (Lipinski definition) is 4. The number of carbonyl (C=O) groups is 4. The van der Waals surface area contributed by atoms with Crippen molar-refractivity contribution in [2.24, 2.45) is 0 Å². The van der Waals surface area contributed by atoms with Crippen molar-refractivity contribution < 1.29 is 38.6 Å². The second kappa shape index (κ2) is 14.6. The van der Waals surface area contributed by atoms with Gasteiger partial charge in [0, 0.05) is 25.1 Å². The summed E-state index contributed by atoms with van der Waals surface area (Å²) >= 11 is 0. The Bertz CT molecular complexity index is 1510. The number of nitrogens with one attached hydrogen (secondary N) is 3. The molecule has 2 atom stereocenters. The van der Waals surface area contributed by atoms with Crippen LogP contribution in [0, 0.1) is 0 Å². The second-order valence-electron chi connectivity index (χ2n) is 11.5. The molecule has 238 valence electrons. The van der Waals surface area contributed by atoms with Crippen LogP contribution in [-0.2, 0) is 38.5 Å². The number of amides is 4. The van der Waals surface area contributed by atoms with Gasteiger partial charge in [-0.05, 0) is 73.9 Å². The molecule has 0 radical (unpaired) electrons. The predicted octanol–water partition coefficient (Wildman–Crippen LogP) is 3.61. The van der Waals surface area contributed by atoms with Crippen LogP contribution in [0.5, 0.6) is 11.5 Å². The van der Waals surface area contributed by atoms with Gasteiger partial charge in [-0.3, -0.25) is 19.6 Å². The third-order valence-electron chi connectivity index (χ3n) is 7.02. The molecule has 0 fully saturated rings. The monoisotopic (exact) mass is 618 g/mol. The SMILES string of the molecule is COc1ccc(NC(=O)[C@@H]2Cc3ccc(OCC(=O)NO)cc3CN2C(=O)[C@H](Cc2ccccc2)NC(=O)OC(C)(C)C)cc1. The summed E-state index contributed by atoms with van der Waals surface area (Å²) in [7, 11) is 1.55. The summed E-state index contributed by atoms with van der Waals surface area (Å²) in [6, 6.07) is 19.2. The standard InChI is InChI=1S/C33H38N4O8/c1-33(2,3)45-32(41)35-27(16-21-8-6-5-7-9-21)31(40)37-19-23-17-26(44-20-29(38)36-42)13-10-22(23)18-28(37)30(39)34-24-11-14-25(43-4)15-12-24/h5-15,17,27-28,42H,16,18-20H2,1-4H3,(H,34,39)(H,35,41)(H,36,38)/t27-,28-/m0/s1. The Morgan fingerprint density at radius 3 is 2.29 bits per heavy atom. The summed E-state index contributed by atoms with van der Waals surface area (Å²) in [6.07, 6.45) is -0.411. The van der Waals surface area contributed by atoms with Gasteiger partial charge in [-0.25, -0.2) is 10.3 Å². The van der Waals surface area contributed by atoms with E-state index in [2.05, 4.69) is 10.6 Å². The maximum Gasteiger partial charge on any atom is 0.408 e. The summed E-state index contributed by atoms with van der Waals surface area (Å²) in [4.78, 5) is 53.9. The Labute approximate surface area is 261 Å². The van der Waals surface area contributed by atoms with Crippen molar-refractivity contribution in [1.29, 1.82) is 0 Å². The molecule has 4 amide bonds. The van der Waals surface area contributed by atoms with Crippen molar-refractivity contribution in [2.45, 2.75) is 57.8 Å². The number of methoxy groups -OCH3 is 1. The van der Waals surface area contributed by atoms with Gasteiger partial charge in [0.1, 0.15) is 29.2 Å². The molecule has 3 aromatic carbocycles. The highest BCUT2D eigenvalue weighted by atomic mass is 16.6. The zero-order valence-corrected chi connectivity index (χ0v) is 25.7. The molecule has 0 bridgehead atoms. The lowest BCUT2D eigenvalue weighted by atomic mass is 9.91. The van der Waals surface area contributed by atoms with Crippen LogP contribution in [0.4, 0.5) is 10.5 Å². The molecule has 0 aromatic heterocycles. The van der Waals surface area contributed by atoms with Gasteiger partial charge in [0.2, 0.25) is 11.8 Å². The zero-order valence-electron chi connectivity index (χ0n) is 25.7. The van der Waals surface area contributed by atoms with Gasteiger partial charge in [-0.15, -0.1) is 0 Å². The quantitative estimate of drug-likeness (QED) is 0.198. The van der Waals surface area contributed by atoms with E-state index in [1.165, 1.54) is 10.4 Å². The third kappa shape index (κ3) is 9.19. The number of alkyl carbamates (subject to hydrolysis) is 1. The smallest absolute Gasteiger partial charge is 0.408 e. The molecule has 12 nitrogen and oxygen atoms in total. The van der Waals surface area contributed by atoms with Crippen LogP contribution < -0.4 is 25.6 Å². The van der Waals surface area contributed by atoms with Gasteiger partial charge in [-0.2, -0.15) is 0 Å². The van der Waals surface area contributed by atoms with Crippen LogP contribution >= 0.6 is 0 Å². The van der Waals surface area contributed by atoms with Crippen molar-refractivity contribution >= 4 is 29.5 Å². The molecule has 12 heteroatoms. The molecule has 0 spiro atoms. The largest absolute Gasteiger partial charge is 0.497 e. The summed E-state index contributed by atoms with van der Waals surface area (Å²) in [5.41, 5.74) is 3.57. The Kier molecular flexibility index (Phi) is 10.6. The van der Waals surface area contributed by atoms with Crippen molar-refractivity contribution in [3.63, 3.8) is 0 Å². The number of benzene rings is 3. The van der Waals surface area contributed by atoms with Gasteiger partial charge in [0.25, 0.3) is 5.91 Å². The summed E-state index contributed by atoms with van der Waals surface area (Å²) in [6.45, 7) is 4.80. The molecule has 45 heavy (non-hydrogen) atoms. The van der Waals surface area contributed by atoms with Crippen molar-refractivity contribution in [1.82, 2.24) is 15.7 Å². The Hall–Kier alpha value is -5.10. The molecule has 0 saturated heterocycles. The summed E-state index contributed by atoms with van der Waals surface area (Å²) in [5.74, 6) is -0.635. The van der Waals surface area contributed by atoms with E-state index in [1.54, 1.807) is 70.3 Å². The first kappa shape index (κ1) is 32.8. The van der Waals surface area contributed by atoms with E-state index < -0.39 is 48.1 Å². The van der Waals surface area contributed by atoms with E-state index in [1.807, 2.05) is 30.3 Å². The van der Waals surface area contributed by atoms with Crippen LogP contribution in [0.15, 0.2) is 72.8 Å². The van der Waals surface area contributed by atoms with Crippen LogP contribution in [0.2, 0.25) is 0 Å². The first-order valence-electron chi connectivity index (χ1n) is 14.4. The second-order valence-corrected chi connectivity index (χ2v) is 11.5. The first-order valence-corrected chi connectivity index (χ1v) is 14.4. The maximum absolute atomic E-state index is 14.4. The number of hydroxylamine groups is 1. The van der Waals surface area contributed by atoms with Gasteiger partial charge in [-0.1, -0.05) is 36.4 Å². The van der Waals surface area contributed by atoms with Gasteiger partial charge in [0.05, 0.1) is 7.11 Å². The molecule has 0 unspecified atom stereocenters. The minimum atomic E-state index is -1.05. The molecular weight excluding hydrogens is 580 g/mol. The molecule has 0 aliphatic carbocycles. The average Bonchev–Trinajstić information content (AvgIpc) is 3.02. The number of hydrogen-bond acceptors (Lipinski definition) is 8. The normalized spacial score (nSPS) is 14.8. The van der Waals surface area contributed by atoms with Crippen LogP contribution in [-0.4, -0.2) is 65.3 Å². The Morgan fingerprint density at radius 2 is 1.64 bits per heavy atom. The van der Waals surface area contributed by atoms with E-state index in [0.29, 0.717) is 22.7 Å². The maximum atomic E-state index is 14.4. The summed E-state index contributed by atoms with van der Waals surface area (Å²) in [5, 5.41) is 14.4. The number of carbonyl (C=O) groups excluding carboxylic acids is 4. The van der Waals surface area contributed by atoms with E-state index >= 15 is 0 Å². The van der Waals surface area contributed by atoms with E-state index in [4.69, 9.17) is 19.4 Å². The molecule has 4 rings (SSSR count). The number of fused-ring (bicyclic) bond motifs is 1. The fourth-order valence-electron chi connectivity index (χ4n) is 4.90. The number of anilines is 1. The molecule has 0 saturated carbocycles. The minimum Gasteiger partial charge on any atom is -0.497 e. The van der Waals surface area contributed by atoms with Crippen molar-refractivity contribution in [3.05, 3.63) is 89.5 Å². The molecule has 1 aliphatic heterocycles. The summed E-state index contributed by atoms with van der Waals surface area (Å²) < 4.78 is 16.2. The molecule has 1 aliphatic rings. The van der Waals surface area contributed by atoms with Gasteiger partial charge >= 0.3 is 6.09 Å². The highest BCUT2D eigenvalue weighted by Gasteiger charge is 2.39. The fourth-order valence-corrected chi connectivity index (χ4v) is 4.90. The number of rotatable bonds is 10. The predicted molar refractivity (Wildman–Crippen MR) is 165 cm³/mol. The third-order valence-corrected chi connectivity index (χ3v) is 7.02. The van der Waals surface area contributed by atoms with E-state index in [0.717, 1.165) is 11.1 Å². The van der Waals surface area contributed by atoms with Gasteiger partial charge in [0.15, 0.2) is 6.61 Å². The molecule has 1 heterocycles. The molecular formula is C33H38N4O8. The van der Waals surface area contributed by atoms with E-state index in [9.17, 15) is 19.2 Å². The fraction of sp³-hybridized carbons (Fsp3) is 0.333. The van der Waals surface area contributed by atoms with Crippen LogP contribution in [0.25, 0.3) is 0 Å². The Morgan fingerprint density at radius 1 is 0.956 bits per heavy atom. The Balaban J connectivity index is 1.66. The highest BCUT2D eigenvalue weighted by molar-refractivity contribution is 5.99. The van der Waals surface area contributed by atoms with E-state index in [-0.39, 0.29) is 19.4 Å². The molecule has 3 aromatic rings. The number of ether oxygens (including phenoxy) is 3. The van der Waals surface area contributed by atoms with Crippen molar-refractivity contribution in [2.75, 3.05) is 19.0 Å². The van der Waals surface area contributed by atoms with Gasteiger partial charge < -0.3 is 29.7 Å². The van der Waals surface area contributed by atoms with Crippen LogP contribution in [0.1, 0.15) is 37.5 Å². The molecule has 4 N–H and O–H groups in total. The van der Waals surface area contributed by atoms with Crippen LogP contribution in [0.3, 0.4) is 0 Å². The lowest BCUT2D eigenvalue weighted by molar-refractivity contribution is -0.141. The first-order chi connectivity index (χ1) is 21.5. The van der Waals surface area contributed by atoms with Crippen molar-refractivity contribution in [3.8, 4) is 11.5 Å². The topological polar surface area (TPSA) is 156 Å². The lowest BCUT2D eigenvalue weighted by Gasteiger charge is -2.38. The lowest BCUT2D eigenvalue weighted by Crippen LogP contribution is -2.57. The highest BCUT2D eigenvalue weighted by Crippen LogP contribution is 2.29. The average molecular weight is 619 g/mol. The number of nitrogens with zero attached hydrogens (tertiary/aromatic N) is 1.